The largest absolute Gasteiger partial charge is 1.00 e. The van der Waals surface area contributed by atoms with E-state index in [9.17, 15) is 26.1 Å². The Morgan fingerprint density at radius 3 is 1.93 bits per heavy atom. The molecule has 0 N–H and O–H groups in total. The monoisotopic (exact) mass is 242 g/mol. The molecular formula is C4H2BF6KN2. The maximum atomic E-state index is 11.8. The average Bonchev–Trinajstić information content (AvgIpc) is 2.28. The van der Waals surface area contributed by atoms with Gasteiger partial charge in [0, 0.05) is 12.4 Å². The third kappa shape index (κ3) is 3.57. The number of hydrogen-bond acceptors (Lipinski definition) is 1. The maximum Gasteiger partial charge on any atom is 1.00 e. The molecule has 14 heavy (non-hydrogen) atoms. The van der Waals surface area contributed by atoms with Crippen LogP contribution in [0, 0.1) is 0 Å². The molecule has 1 heterocycles. The van der Waals surface area contributed by atoms with Gasteiger partial charge in [0.1, 0.15) is 0 Å². The Balaban J connectivity index is 0.00000169. The molecule has 0 saturated heterocycles. The third-order valence-corrected chi connectivity index (χ3v) is 1.24. The van der Waals surface area contributed by atoms with Crippen molar-refractivity contribution in [2.24, 2.45) is 0 Å². The summed E-state index contributed by atoms with van der Waals surface area (Å²) in [6.45, 7) is -5.42. The molecule has 0 amide bonds. The van der Waals surface area contributed by atoms with Crippen LogP contribution in [-0.2, 0) is 6.30 Å². The molecule has 0 unspecified atom stereocenters. The van der Waals surface area contributed by atoms with E-state index in [2.05, 4.69) is 5.10 Å². The second kappa shape index (κ2) is 4.56. The molecule has 1 rings (SSSR count). The number of hydrogen-bond donors (Lipinski definition) is 0. The number of halogens is 6. The quantitative estimate of drug-likeness (QED) is 0.429. The van der Waals surface area contributed by atoms with E-state index in [0.29, 0.717) is 0 Å². The SMILES string of the molecule is F[B-](F)(F)c1cnn(C(F)(F)F)c1.[K+]. The van der Waals surface area contributed by atoms with Gasteiger partial charge in [-0.1, -0.05) is 5.46 Å². The van der Waals surface area contributed by atoms with Crippen molar-refractivity contribution in [1.29, 1.82) is 0 Å². The number of rotatable bonds is 1. The minimum Gasteiger partial charge on any atom is -0.445 e. The van der Waals surface area contributed by atoms with Crippen LogP contribution in [0.25, 0.3) is 0 Å². The fraction of sp³-hybridized carbons (Fsp3) is 0.250. The first-order valence-electron chi connectivity index (χ1n) is 3.03. The molecule has 0 fully saturated rings. The van der Waals surface area contributed by atoms with Crippen LogP contribution < -0.4 is 56.8 Å². The van der Waals surface area contributed by atoms with Crippen LogP contribution in [0.5, 0.6) is 0 Å². The van der Waals surface area contributed by atoms with Gasteiger partial charge < -0.3 is 12.9 Å². The van der Waals surface area contributed by atoms with E-state index in [-0.39, 0.29) is 63.8 Å². The van der Waals surface area contributed by atoms with Gasteiger partial charge in [-0.25, -0.2) is 0 Å². The molecule has 0 bridgehead atoms. The Morgan fingerprint density at radius 2 is 1.71 bits per heavy atom. The summed E-state index contributed by atoms with van der Waals surface area (Å²) in [6.07, 6.45) is -4.84. The van der Waals surface area contributed by atoms with Crippen molar-refractivity contribution < 1.29 is 77.5 Å². The van der Waals surface area contributed by atoms with E-state index in [1.165, 1.54) is 0 Å². The van der Waals surface area contributed by atoms with Gasteiger partial charge in [-0.05, 0) is 0 Å². The number of nitrogens with zero attached hydrogens (tertiary/aromatic N) is 2. The molecule has 1 aromatic heterocycles. The van der Waals surface area contributed by atoms with Gasteiger partial charge in [-0.3, -0.25) is 0 Å². The van der Waals surface area contributed by atoms with E-state index in [1.54, 1.807) is 0 Å². The first-order valence-corrected chi connectivity index (χ1v) is 3.03. The van der Waals surface area contributed by atoms with Gasteiger partial charge in [0.25, 0.3) is 0 Å². The molecule has 0 aromatic carbocycles. The predicted molar refractivity (Wildman–Crippen MR) is 32.2 cm³/mol. The third-order valence-electron chi connectivity index (χ3n) is 1.24. The average molecular weight is 242 g/mol. The van der Waals surface area contributed by atoms with Crippen LogP contribution in [-0.4, -0.2) is 16.8 Å². The Morgan fingerprint density at radius 1 is 1.21 bits per heavy atom. The summed E-state index contributed by atoms with van der Waals surface area (Å²) in [4.78, 5) is 0. The first-order chi connectivity index (χ1) is 5.71. The fourth-order valence-corrected chi connectivity index (χ4v) is 0.644. The molecule has 0 radical (unpaired) electrons. The summed E-state index contributed by atoms with van der Waals surface area (Å²) in [7, 11) is 0. The number of aromatic nitrogens is 2. The van der Waals surface area contributed by atoms with E-state index < -0.39 is 23.4 Å². The minimum absolute atomic E-state index is 0. The van der Waals surface area contributed by atoms with E-state index in [4.69, 9.17) is 0 Å². The summed E-state index contributed by atoms with van der Waals surface area (Å²) < 4.78 is 70.0. The smallest absolute Gasteiger partial charge is 0.445 e. The molecule has 74 valence electrons. The van der Waals surface area contributed by atoms with E-state index >= 15 is 0 Å². The van der Waals surface area contributed by atoms with E-state index in [0.717, 1.165) is 0 Å². The molecule has 0 spiro atoms. The second-order valence-electron chi connectivity index (χ2n) is 2.26. The van der Waals surface area contributed by atoms with Crippen molar-refractivity contribution in [3.8, 4) is 0 Å². The molecule has 0 aliphatic heterocycles. The summed E-state index contributed by atoms with van der Waals surface area (Å²) in [5.41, 5.74) is -1.36. The van der Waals surface area contributed by atoms with Gasteiger partial charge in [0.05, 0.1) is 0 Å². The second-order valence-corrected chi connectivity index (χ2v) is 2.26. The standard InChI is InChI=1S/C4H2BF6N2.K/c6-4(7,8)13-2-3(1-12-13)5(9,10)11;/h1-2H;/q-1;+1. The first kappa shape index (κ1) is 14.5. The molecule has 2 nitrogen and oxygen atoms in total. The van der Waals surface area contributed by atoms with Gasteiger partial charge in [-0.2, -0.15) is 9.78 Å². The normalized spacial score (nSPS) is 12.4. The van der Waals surface area contributed by atoms with Crippen LogP contribution in [0.3, 0.4) is 0 Å². The van der Waals surface area contributed by atoms with Crippen molar-refractivity contribution in [2.75, 3.05) is 0 Å². The molecule has 0 saturated carbocycles. The van der Waals surface area contributed by atoms with Crippen LogP contribution in [0.2, 0.25) is 0 Å². The molecule has 10 heteroatoms. The Labute approximate surface area is 117 Å². The van der Waals surface area contributed by atoms with Crippen molar-refractivity contribution >= 4 is 12.4 Å². The van der Waals surface area contributed by atoms with Crippen molar-refractivity contribution in [3.63, 3.8) is 0 Å². The van der Waals surface area contributed by atoms with Crippen molar-refractivity contribution in [3.05, 3.63) is 12.4 Å². The van der Waals surface area contributed by atoms with Gasteiger partial charge >= 0.3 is 64.7 Å². The Hall–Kier alpha value is 0.491. The summed E-state index contributed by atoms with van der Waals surface area (Å²) in [6, 6.07) is 0. The molecule has 1 aromatic rings. The zero-order valence-corrected chi connectivity index (χ0v) is 10.0. The molecule has 0 aliphatic carbocycles. The Bertz CT molecular complexity index is 275. The fourth-order valence-electron chi connectivity index (χ4n) is 0.644. The van der Waals surface area contributed by atoms with Gasteiger partial charge in [0.2, 0.25) is 0 Å². The summed E-state index contributed by atoms with van der Waals surface area (Å²) >= 11 is 0. The minimum atomic E-state index is -5.42. The van der Waals surface area contributed by atoms with Crippen LogP contribution >= 0.6 is 0 Å². The summed E-state index contributed by atoms with van der Waals surface area (Å²) in [5.74, 6) is 0. The topological polar surface area (TPSA) is 17.8 Å². The van der Waals surface area contributed by atoms with E-state index in [1.807, 2.05) is 0 Å². The van der Waals surface area contributed by atoms with Crippen LogP contribution in [0.4, 0.5) is 26.1 Å². The molecule has 0 atom stereocenters. The van der Waals surface area contributed by atoms with Gasteiger partial charge in [-0.15, -0.1) is 13.2 Å². The maximum absolute atomic E-state index is 11.8. The predicted octanol–water partition coefficient (Wildman–Crippen LogP) is -1.58. The zero-order valence-electron chi connectivity index (χ0n) is 6.89. The Kier molecular flexibility index (Phi) is 4.72. The van der Waals surface area contributed by atoms with Crippen LogP contribution in [0.15, 0.2) is 12.4 Å². The van der Waals surface area contributed by atoms with Gasteiger partial charge in [0.15, 0.2) is 0 Å². The molecular weight excluding hydrogens is 240 g/mol. The van der Waals surface area contributed by atoms with Crippen molar-refractivity contribution in [2.45, 2.75) is 6.30 Å². The molecule has 0 aliphatic rings. The zero-order chi connectivity index (χ0) is 10.3. The van der Waals surface area contributed by atoms with Crippen molar-refractivity contribution in [1.82, 2.24) is 9.78 Å². The van der Waals surface area contributed by atoms with Crippen LogP contribution in [0.1, 0.15) is 0 Å². The summed E-state index contributed by atoms with van der Waals surface area (Å²) in [5, 5.41) is 2.54. The number of alkyl halides is 3.